The molecule has 5 rings (SSSR count). The lowest BCUT2D eigenvalue weighted by Crippen LogP contribution is -2.41. The maximum absolute atomic E-state index is 11.6. The van der Waals surface area contributed by atoms with Gasteiger partial charge in [0.25, 0.3) is 5.56 Å². The molecule has 0 spiro atoms. The molecule has 0 radical (unpaired) electrons. The third-order valence-corrected chi connectivity index (χ3v) is 7.08. The molecular formula is C25H26BBrClN3O3. The van der Waals surface area contributed by atoms with Crippen LogP contribution in [0.2, 0.25) is 5.02 Å². The van der Waals surface area contributed by atoms with Crippen LogP contribution in [0.15, 0.2) is 76.3 Å². The Bertz CT molecular complexity index is 1350. The Balaban J connectivity index is 0.000000162. The number of aromatic amines is 1. The summed E-state index contributed by atoms with van der Waals surface area (Å²) in [5, 5.41) is 8.75. The van der Waals surface area contributed by atoms with E-state index in [-0.39, 0.29) is 23.9 Å². The number of nitrogens with one attached hydrogen (secondary N) is 1. The highest BCUT2D eigenvalue weighted by atomic mass is 79.9. The summed E-state index contributed by atoms with van der Waals surface area (Å²) >= 11 is 9.37. The minimum Gasteiger partial charge on any atom is -0.399 e. The molecule has 1 N–H and O–H groups in total. The van der Waals surface area contributed by atoms with Crippen LogP contribution in [-0.4, -0.2) is 33.1 Å². The lowest BCUT2D eigenvalue weighted by Gasteiger charge is -2.32. The standard InChI is InChI=1S/C13H17BN2O2.C12H9BrClNO/c1-12(2)13(3,4)18-14(17-12)10-6-5-9-8-15-16-11(9)7-10;13-10-5-6-12(16)15(8-10)7-9-3-1-2-4-11(9)14/h5-8H,1-4H3,(H,15,16);1-6,8H,7H2. The topological polar surface area (TPSA) is 69.1 Å². The minimum atomic E-state index is -0.317. The van der Waals surface area contributed by atoms with Gasteiger partial charge in [0.05, 0.1) is 29.5 Å². The molecule has 2 aromatic carbocycles. The van der Waals surface area contributed by atoms with Gasteiger partial charge in [0, 0.05) is 27.1 Å². The van der Waals surface area contributed by atoms with Gasteiger partial charge < -0.3 is 13.9 Å². The Labute approximate surface area is 212 Å². The fourth-order valence-electron chi connectivity index (χ4n) is 3.52. The number of pyridine rings is 1. The molecule has 3 heterocycles. The van der Waals surface area contributed by atoms with Crippen molar-refractivity contribution in [1.29, 1.82) is 0 Å². The zero-order chi connectivity index (χ0) is 24.5. The maximum Gasteiger partial charge on any atom is 0.494 e. The number of aromatic nitrogens is 3. The van der Waals surface area contributed by atoms with Gasteiger partial charge in [0.1, 0.15) is 0 Å². The van der Waals surface area contributed by atoms with Crippen LogP contribution in [-0.2, 0) is 15.9 Å². The third-order valence-electron chi connectivity index (χ3n) is 6.24. The Kier molecular flexibility index (Phi) is 7.05. The number of hydrogen-bond donors (Lipinski definition) is 1. The molecular weight excluding hydrogens is 516 g/mol. The number of fused-ring (bicyclic) bond motifs is 1. The summed E-state index contributed by atoms with van der Waals surface area (Å²) < 4.78 is 14.5. The van der Waals surface area contributed by atoms with Crippen LogP contribution in [0, 0.1) is 0 Å². The summed E-state index contributed by atoms with van der Waals surface area (Å²) in [6, 6.07) is 16.9. The van der Waals surface area contributed by atoms with Gasteiger partial charge in [-0.1, -0.05) is 41.9 Å². The van der Waals surface area contributed by atoms with E-state index in [4.69, 9.17) is 20.9 Å². The van der Waals surface area contributed by atoms with E-state index in [2.05, 4.69) is 53.8 Å². The highest BCUT2D eigenvalue weighted by Crippen LogP contribution is 2.36. The Morgan fingerprint density at radius 1 is 1.06 bits per heavy atom. The molecule has 0 unspecified atom stereocenters. The van der Waals surface area contributed by atoms with Crippen LogP contribution in [0.5, 0.6) is 0 Å². The van der Waals surface area contributed by atoms with Crippen molar-refractivity contribution in [3.63, 3.8) is 0 Å². The molecule has 0 saturated carbocycles. The molecule has 0 aliphatic carbocycles. The SMILES string of the molecule is CC1(C)OB(c2ccc3cn[nH]c3c2)OC1(C)C.O=c1ccc(Br)cn1Cc1ccccc1Cl. The molecule has 0 atom stereocenters. The highest BCUT2D eigenvalue weighted by Gasteiger charge is 2.51. The number of hydrogen-bond acceptors (Lipinski definition) is 4. The van der Waals surface area contributed by atoms with Crippen molar-refractivity contribution in [3.8, 4) is 0 Å². The Hall–Kier alpha value is -2.39. The molecule has 9 heteroatoms. The van der Waals surface area contributed by atoms with Crippen LogP contribution < -0.4 is 11.0 Å². The summed E-state index contributed by atoms with van der Waals surface area (Å²) in [6.45, 7) is 8.71. The molecule has 1 aliphatic heterocycles. The summed E-state index contributed by atoms with van der Waals surface area (Å²) in [5.41, 5.74) is 2.31. The zero-order valence-corrected chi connectivity index (χ0v) is 21.9. The second kappa shape index (κ2) is 9.70. The molecule has 0 amide bonds. The Morgan fingerprint density at radius 2 is 1.76 bits per heavy atom. The second-order valence-corrected chi connectivity index (χ2v) is 10.5. The molecule has 34 heavy (non-hydrogen) atoms. The molecule has 4 aromatic rings. The lowest BCUT2D eigenvalue weighted by molar-refractivity contribution is 0.00578. The molecule has 1 aliphatic rings. The fourth-order valence-corrected chi connectivity index (χ4v) is 4.09. The van der Waals surface area contributed by atoms with E-state index in [0.29, 0.717) is 11.6 Å². The van der Waals surface area contributed by atoms with Gasteiger partial charge in [-0.3, -0.25) is 9.89 Å². The summed E-state index contributed by atoms with van der Waals surface area (Å²) in [6.07, 6.45) is 3.56. The van der Waals surface area contributed by atoms with Gasteiger partial charge in [-0.25, -0.2) is 0 Å². The molecule has 2 aromatic heterocycles. The number of halogens is 2. The van der Waals surface area contributed by atoms with Crippen molar-refractivity contribution in [3.05, 3.63) is 92.4 Å². The molecule has 6 nitrogen and oxygen atoms in total. The van der Waals surface area contributed by atoms with E-state index in [9.17, 15) is 4.79 Å². The number of H-pyrrole nitrogens is 1. The zero-order valence-electron chi connectivity index (χ0n) is 19.5. The number of rotatable bonds is 3. The second-order valence-electron chi connectivity index (χ2n) is 9.21. The fraction of sp³-hybridized carbons (Fsp3) is 0.280. The van der Waals surface area contributed by atoms with Gasteiger partial charge in [-0.2, -0.15) is 5.10 Å². The van der Waals surface area contributed by atoms with Gasteiger partial charge in [0.2, 0.25) is 0 Å². The van der Waals surface area contributed by atoms with Crippen molar-refractivity contribution < 1.29 is 9.31 Å². The lowest BCUT2D eigenvalue weighted by atomic mass is 9.79. The normalized spacial score (nSPS) is 16.4. The predicted octanol–water partition coefficient (Wildman–Crippen LogP) is 5.17. The highest BCUT2D eigenvalue weighted by molar-refractivity contribution is 9.10. The first-order chi connectivity index (χ1) is 16.1. The molecule has 1 saturated heterocycles. The quantitative estimate of drug-likeness (QED) is 0.363. The van der Waals surface area contributed by atoms with Crippen LogP contribution in [0.3, 0.4) is 0 Å². The third kappa shape index (κ3) is 5.30. The summed E-state index contributed by atoms with van der Waals surface area (Å²) in [7, 11) is -0.317. The van der Waals surface area contributed by atoms with E-state index < -0.39 is 0 Å². The van der Waals surface area contributed by atoms with Crippen molar-refractivity contribution in [1.82, 2.24) is 14.8 Å². The van der Waals surface area contributed by atoms with E-state index in [1.54, 1.807) is 16.8 Å². The van der Waals surface area contributed by atoms with Crippen molar-refractivity contribution in [2.75, 3.05) is 0 Å². The first-order valence-electron chi connectivity index (χ1n) is 10.9. The monoisotopic (exact) mass is 541 g/mol. The molecule has 0 bridgehead atoms. The summed E-state index contributed by atoms with van der Waals surface area (Å²) in [5.74, 6) is 0. The minimum absolute atomic E-state index is 0.0388. The first kappa shape index (κ1) is 24.7. The largest absolute Gasteiger partial charge is 0.494 e. The average molecular weight is 543 g/mol. The van der Waals surface area contributed by atoms with Crippen LogP contribution >= 0.6 is 27.5 Å². The maximum atomic E-state index is 11.6. The van der Waals surface area contributed by atoms with Gasteiger partial charge >= 0.3 is 7.12 Å². The number of nitrogens with zero attached hydrogens (tertiary/aromatic N) is 2. The average Bonchev–Trinajstić information content (AvgIpc) is 3.33. The van der Waals surface area contributed by atoms with Crippen LogP contribution in [0.25, 0.3) is 10.9 Å². The van der Waals surface area contributed by atoms with Gasteiger partial charge in [0.15, 0.2) is 0 Å². The van der Waals surface area contributed by atoms with E-state index in [1.165, 1.54) is 6.07 Å². The van der Waals surface area contributed by atoms with Crippen molar-refractivity contribution >= 4 is 51.0 Å². The smallest absolute Gasteiger partial charge is 0.399 e. The van der Waals surface area contributed by atoms with E-state index >= 15 is 0 Å². The summed E-state index contributed by atoms with van der Waals surface area (Å²) in [4.78, 5) is 11.6. The van der Waals surface area contributed by atoms with Gasteiger partial charge in [-0.05, 0) is 72.9 Å². The van der Waals surface area contributed by atoms with Crippen LogP contribution in [0.4, 0.5) is 0 Å². The predicted molar refractivity (Wildman–Crippen MR) is 141 cm³/mol. The van der Waals surface area contributed by atoms with Crippen molar-refractivity contribution in [2.45, 2.75) is 45.4 Å². The molecule has 1 fully saturated rings. The molecule has 176 valence electrons. The number of benzene rings is 2. The first-order valence-corrected chi connectivity index (χ1v) is 12.1. The van der Waals surface area contributed by atoms with E-state index in [0.717, 1.165) is 26.4 Å². The Morgan fingerprint density at radius 3 is 2.47 bits per heavy atom. The van der Waals surface area contributed by atoms with Gasteiger partial charge in [-0.15, -0.1) is 0 Å². The van der Waals surface area contributed by atoms with Crippen LogP contribution in [0.1, 0.15) is 33.3 Å². The van der Waals surface area contributed by atoms with E-state index in [1.807, 2.05) is 48.7 Å². The van der Waals surface area contributed by atoms with Crippen molar-refractivity contribution in [2.24, 2.45) is 0 Å².